The van der Waals surface area contributed by atoms with E-state index in [-0.39, 0.29) is 11.3 Å². The van der Waals surface area contributed by atoms with Crippen molar-refractivity contribution in [2.24, 2.45) is 0 Å². The van der Waals surface area contributed by atoms with Crippen LogP contribution < -0.4 is 0 Å². The zero-order chi connectivity index (χ0) is 14.8. The van der Waals surface area contributed by atoms with Crippen LogP contribution in [-0.4, -0.2) is 21.2 Å². The van der Waals surface area contributed by atoms with Crippen LogP contribution in [0.4, 0.5) is 0 Å². The number of aromatic carboxylic acids is 1. The molecule has 4 heteroatoms. The molecule has 3 aromatic rings. The van der Waals surface area contributed by atoms with E-state index in [2.05, 4.69) is 4.98 Å². The largest absolute Gasteiger partial charge is 0.508 e. The standard InChI is InChI=1S/C17H13NO3/c19-16-10-13(17(20)21)6-5-12(16)9-11-7-8-18-15-4-2-1-3-14(11)15/h1-8,10,19H,9H2,(H,20,21). The van der Waals surface area contributed by atoms with Crippen LogP contribution in [0.5, 0.6) is 5.75 Å². The molecule has 4 nitrogen and oxygen atoms in total. The quantitative estimate of drug-likeness (QED) is 0.772. The normalized spacial score (nSPS) is 10.7. The van der Waals surface area contributed by atoms with Crippen molar-refractivity contribution in [2.45, 2.75) is 6.42 Å². The van der Waals surface area contributed by atoms with Gasteiger partial charge in [-0.05, 0) is 35.4 Å². The summed E-state index contributed by atoms with van der Waals surface area (Å²) in [6, 6.07) is 14.1. The van der Waals surface area contributed by atoms with Crippen molar-refractivity contribution < 1.29 is 15.0 Å². The molecule has 0 radical (unpaired) electrons. The molecule has 1 aromatic heterocycles. The van der Waals surface area contributed by atoms with E-state index < -0.39 is 5.97 Å². The third-order valence-electron chi connectivity index (χ3n) is 3.45. The van der Waals surface area contributed by atoms with Crippen molar-refractivity contribution in [1.82, 2.24) is 4.98 Å². The number of hydrogen-bond acceptors (Lipinski definition) is 3. The number of fused-ring (bicyclic) bond motifs is 1. The van der Waals surface area contributed by atoms with E-state index in [1.165, 1.54) is 12.1 Å². The molecule has 0 aliphatic rings. The minimum atomic E-state index is -1.05. The highest BCUT2D eigenvalue weighted by atomic mass is 16.4. The Balaban J connectivity index is 2.01. The fourth-order valence-corrected chi connectivity index (χ4v) is 2.36. The Morgan fingerprint density at radius 3 is 2.62 bits per heavy atom. The van der Waals surface area contributed by atoms with E-state index in [0.29, 0.717) is 12.0 Å². The lowest BCUT2D eigenvalue weighted by Crippen LogP contribution is -1.98. The number of rotatable bonds is 3. The molecule has 0 saturated heterocycles. The summed E-state index contributed by atoms with van der Waals surface area (Å²) in [5, 5.41) is 19.9. The van der Waals surface area contributed by atoms with Gasteiger partial charge in [0.2, 0.25) is 0 Å². The summed E-state index contributed by atoms with van der Waals surface area (Å²) in [7, 11) is 0. The highest BCUT2D eigenvalue weighted by molar-refractivity contribution is 5.88. The van der Waals surface area contributed by atoms with E-state index in [9.17, 15) is 9.90 Å². The first-order valence-corrected chi connectivity index (χ1v) is 6.53. The van der Waals surface area contributed by atoms with Gasteiger partial charge in [-0.2, -0.15) is 0 Å². The van der Waals surface area contributed by atoms with Crippen LogP contribution in [0.1, 0.15) is 21.5 Å². The van der Waals surface area contributed by atoms with Gasteiger partial charge in [0.1, 0.15) is 5.75 Å². The predicted molar refractivity (Wildman–Crippen MR) is 79.6 cm³/mol. The lowest BCUT2D eigenvalue weighted by atomic mass is 9.99. The molecule has 0 atom stereocenters. The van der Waals surface area contributed by atoms with Crippen LogP contribution in [-0.2, 0) is 6.42 Å². The summed E-state index contributed by atoms with van der Waals surface area (Å²) < 4.78 is 0. The van der Waals surface area contributed by atoms with Crippen molar-refractivity contribution in [1.29, 1.82) is 0 Å². The summed E-state index contributed by atoms with van der Waals surface area (Å²) in [5.74, 6) is -1.05. The van der Waals surface area contributed by atoms with Gasteiger partial charge in [-0.3, -0.25) is 4.98 Å². The molecule has 0 aliphatic heterocycles. The van der Waals surface area contributed by atoms with Crippen LogP contribution in [0.2, 0.25) is 0 Å². The maximum Gasteiger partial charge on any atom is 0.335 e. The highest BCUT2D eigenvalue weighted by Gasteiger charge is 2.09. The fraction of sp³-hybridized carbons (Fsp3) is 0.0588. The second-order valence-corrected chi connectivity index (χ2v) is 4.81. The summed E-state index contributed by atoms with van der Waals surface area (Å²) in [4.78, 5) is 15.2. The van der Waals surface area contributed by atoms with Crippen LogP contribution in [0, 0.1) is 0 Å². The van der Waals surface area contributed by atoms with E-state index in [4.69, 9.17) is 5.11 Å². The Labute approximate surface area is 121 Å². The number of carbonyl (C=O) groups is 1. The van der Waals surface area contributed by atoms with Crippen molar-refractivity contribution in [3.63, 3.8) is 0 Å². The molecule has 0 unspecified atom stereocenters. The second-order valence-electron chi connectivity index (χ2n) is 4.81. The highest BCUT2D eigenvalue weighted by Crippen LogP contribution is 2.25. The predicted octanol–water partition coefficient (Wildman–Crippen LogP) is 3.23. The molecule has 0 amide bonds. The van der Waals surface area contributed by atoms with Crippen molar-refractivity contribution in [2.75, 3.05) is 0 Å². The monoisotopic (exact) mass is 279 g/mol. The van der Waals surface area contributed by atoms with Crippen LogP contribution in [0.15, 0.2) is 54.7 Å². The number of nitrogens with zero attached hydrogens (tertiary/aromatic N) is 1. The molecule has 0 aliphatic carbocycles. The number of para-hydroxylation sites is 1. The maximum atomic E-state index is 10.9. The molecular formula is C17H13NO3. The molecule has 1 heterocycles. The first kappa shape index (κ1) is 13.1. The van der Waals surface area contributed by atoms with E-state index in [0.717, 1.165) is 16.5 Å². The first-order chi connectivity index (χ1) is 10.1. The van der Waals surface area contributed by atoms with Gasteiger partial charge >= 0.3 is 5.97 Å². The minimum absolute atomic E-state index is 0.00390. The van der Waals surface area contributed by atoms with Crippen LogP contribution in [0.25, 0.3) is 10.9 Å². The Hall–Kier alpha value is -2.88. The Morgan fingerprint density at radius 1 is 1.05 bits per heavy atom. The molecule has 2 aromatic carbocycles. The summed E-state index contributed by atoms with van der Waals surface area (Å²) in [6.45, 7) is 0. The zero-order valence-electron chi connectivity index (χ0n) is 11.2. The Kier molecular flexibility index (Phi) is 3.28. The van der Waals surface area contributed by atoms with E-state index >= 15 is 0 Å². The summed E-state index contributed by atoms with van der Waals surface area (Å²) in [5.41, 5.74) is 2.71. The number of carboxylic acid groups (broad SMARTS) is 1. The van der Waals surface area contributed by atoms with Crippen LogP contribution >= 0.6 is 0 Å². The number of phenolic OH excluding ortho intramolecular Hbond substituents is 1. The summed E-state index contributed by atoms with van der Waals surface area (Å²) in [6.07, 6.45) is 2.26. The van der Waals surface area contributed by atoms with Gasteiger partial charge in [0.25, 0.3) is 0 Å². The number of benzene rings is 2. The SMILES string of the molecule is O=C(O)c1ccc(Cc2ccnc3ccccc23)c(O)c1. The van der Waals surface area contributed by atoms with Crippen molar-refractivity contribution in [3.8, 4) is 5.75 Å². The number of pyridine rings is 1. The number of aromatic hydroxyl groups is 1. The van der Waals surface area contributed by atoms with Crippen molar-refractivity contribution in [3.05, 3.63) is 71.4 Å². The molecule has 0 bridgehead atoms. The maximum absolute atomic E-state index is 10.9. The number of carboxylic acids is 1. The third kappa shape index (κ3) is 2.56. The smallest absolute Gasteiger partial charge is 0.335 e. The van der Waals surface area contributed by atoms with Gasteiger partial charge in [0, 0.05) is 18.0 Å². The Bertz CT molecular complexity index is 822. The van der Waals surface area contributed by atoms with Crippen molar-refractivity contribution >= 4 is 16.9 Å². The lowest BCUT2D eigenvalue weighted by molar-refractivity contribution is 0.0696. The average Bonchev–Trinajstić information content (AvgIpc) is 2.49. The molecule has 0 saturated carbocycles. The van der Waals surface area contributed by atoms with Gasteiger partial charge < -0.3 is 10.2 Å². The van der Waals surface area contributed by atoms with Gasteiger partial charge in [-0.25, -0.2) is 4.79 Å². The van der Waals surface area contributed by atoms with E-state index in [1.807, 2.05) is 30.3 Å². The molecule has 3 rings (SSSR count). The molecule has 0 spiro atoms. The zero-order valence-corrected chi connectivity index (χ0v) is 11.2. The average molecular weight is 279 g/mol. The van der Waals surface area contributed by atoms with Gasteiger partial charge in [-0.15, -0.1) is 0 Å². The molecular weight excluding hydrogens is 266 g/mol. The van der Waals surface area contributed by atoms with Crippen LogP contribution in [0.3, 0.4) is 0 Å². The first-order valence-electron chi connectivity index (χ1n) is 6.53. The number of aromatic nitrogens is 1. The van der Waals surface area contributed by atoms with Gasteiger partial charge in [0.05, 0.1) is 11.1 Å². The third-order valence-corrected chi connectivity index (χ3v) is 3.45. The topological polar surface area (TPSA) is 70.4 Å². The lowest BCUT2D eigenvalue weighted by Gasteiger charge is -2.08. The molecule has 21 heavy (non-hydrogen) atoms. The molecule has 2 N–H and O–H groups in total. The van der Waals surface area contributed by atoms with Gasteiger partial charge in [-0.1, -0.05) is 24.3 Å². The fourth-order valence-electron chi connectivity index (χ4n) is 2.36. The second kappa shape index (κ2) is 5.25. The van der Waals surface area contributed by atoms with Gasteiger partial charge in [0.15, 0.2) is 0 Å². The molecule has 104 valence electrons. The summed E-state index contributed by atoms with van der Waals surface area (Å²) >= 11 is 0. The molecule has 0 fully saturated rings. The number of phenols is 1. The van der Waals surface area contributed by atoms with E-state index in [1.54, 1.807) is 12.3 Å². The Morgan fingerprint density at radius 2 is 1.86 bits per heavy atom. The number of hydrogen-bond donors (Lipinski definition) is 2. The minimum Gasteiger partial charge on any atom is -0.508 e.